The Bertz CT molecular complexity index is 619. The van der Waals surface area contributed by atoms with Crippen molar-refractivity contribution in [1.29, 1.82) is 0 Å². The highest BCUT2D eigenvalue weighted by Crippen LogP contribution is 2.27. The fourth-order valence-corrected chi connectivity index (χ4v) is 2.18. The molecule has 0 amide bonds. The number of aliphatic hydroxyl groups excluding tert-OH is 2. The Morgan fingerprint density at radius 1 is 1.14 bits per heavy atom. The molecule has 0 saturated heterocycles. The number of hydrogen-bond acceptors (Lipinski definition) is 4. The first-order valence-corrected chi connectivity index (χ1v) is 7.16. The molecule has 0 aliphatic heterocycles. The lowest BCUT2D eigenvalue weighted by Crippen LogP contribution is -2.06. The molecule has 1 heterocycles. The van der Waals surface area contributed by atoms with Crippen LogP contribution in [0, 0.1) is 5.82 Å². The largest absolute Gasteiger partial charge is 0.487 e. The second kappa shape index (κ2) is 7.33. The van der Waals surface area contributed by atoms with Gasteiger partial charge in [0.15, 0.2) is 0 Å². The molecular weight excluding hydrogens is 285 g/mol. The summed E-state index contributed by atoms with van der Waals surface area (Å²) in [5.41, 5.74) is 2.32. The Hall–Kier alpha value is -1.98. The van der Waals surface area contributed by atoms with E-state index in [0.717, 1.165) is 11.4 Å². The van der Waals surface area contributed by atoms with E-state index >= 15 is 0 Å². The van der Waals surface area contributed by atoms with Gasteiger partial charge in [0, 0.05) is 16.8 Å². The monoisotopic (exact) mass is 305 g/mol. The lowest BCUT2D eigenvalue weighted by atomic mass is 10.1. The van der Waals surface area contributed by atoms with E-state index in [1.165, 1.54) is 12.1 Å². The topological polar surface area (TPSA) is 62.6 Å². The molecule has 0 radical (unpaired) electrons. The highest BCUT2D eigenvalue weighted by molar-refractivity contribution is 5.41. The first-order valence-electron chi connectivity index (χ1n) is 7.16. The highest BCUT2D eigenvalue weighted by Gasteiger charge is 2.12. The third-order valence-corrected chi connectivity index (χ3v) is 3.33. The number of rotatable bonds is 6. The van der Waals surface area contributed by atoms with Gasteiger partial charge in [0.1, 0.15) is 18.2 Å². The number of aliphatic hydroxyl groups is 2. The van der Waals surface area contributed by atoms with Crippen LogP contribution < -0.4 is 4.74 Å². The van der Waals surface area contributed by atoms with Crippen molar-refractivity contribution < 1.29 is 19.3 Å². The van der Waals surface area contributed by atoms with Gasteiger partial charge in [-0.05, 0) is 30.2 Å². The van der Waals surface area contributed by atoms with Crippen LogP contribution in [0.3, 0.4) is 0 Å². The average Bonchev–Trinajstić information content (AvgIpc) is 2.52. The molecule has 0 bridgehead atoms. The molecule has 1 aromatic heterocycles. The zero-order valence-corrected chi connectivity index (χ0v) is 12.7. The van der Waals surface area contributed by atoms with Crippen LogP contribution in [-0.2, 0) is 19.8 Å². The Labute approximate surface area is 129 Å². The minimum absolute atomic E-state index is 0.187. The van der Waals surface area contributed by atoms with Crippen molar-refractivity contribution in [2.75, 3.05) is 0 Å². The minimum atomic E-state index is -0.514. The predicted molar refractivity (Wildman–Crippen MR) is 80.9 cm³/mol. The number of benzene rings is 1. The van der Waals surface area contributed by atoms with Crippen LogP contribution in [0.1, 0.15) is 42.3 Å². The van der Waals surface area contributed by atoms with E-state index in [9.17, 15) is 14.6 Å². The van der Waals surface area contributed by atoms with Gasteiger partial charge in [-0.1, -0.05) is 19.9 Å². The summed E-state index contributed by atoms with van der Waals surface area (Å²) in [7, 11) is 0. The van der Waals surface area contributed by atoms with Gasteiger partial charge in [-0.2, -0.15) is 0 Å². The van der Waals surface area contributed by atoms with Gasteiger partial charge in [-0.25, -0.2) is 4.39 Å². The van der Waals surface area contributed by atoms with E-state index in [-0.39, 0.29) is 19.8 Å². The van der Waals surface area contributed by atoms with Crippen LogP contribution in [0.5, 0.6) is 5.75 Å². The number of aromatic nitrogens is 1. The van der Waals surface area contributed by atoms with Crippen LogP contribution >= 0.6 is 0 Å². The molecular formula is C17H20FNO3. The molecule has 22 heavy (non-hydrogen) atoms. The SMILES string of the molecule is CC(C)c1cccc(COc2c(CO)cc(F)cc2CO)n1. The third-order valence-electron chi connectivity index (χ3n) is 3.33. The lowest BCUT2D eigenvalue weighted by Gasteiger charge is -2.14. The van der Waals surface area contributed by atoms with Crippen LogP contribution in [0.2, 0.25) is 0 Å². The molecule has 0 unspecified atom stereocenters. The summed E-state index contributed by atoms with van der Waals surface area (Å²) in [6.07, 6.45) is 0. The number of nitrogens with zero attached hydrogens (tertiary/aromatic N) is 1. The van der Waals surface area contributed by atoms with Gasteiger partial charge < -0.3 is 14.9 Å². The van der Waals surface area contributed by atoms with E-state index in [1.54, 1.807) is 0 Å². The summed E-state index contributed by atoms with van der Waals surface area (Å²) in [4.78, 5) is 4.49. The normalized spacial score (nSPS) is 11.0. The fourth-order valence-electron chi connectivity index (χ4n) is 2.18. The first kappa shape index (κ1) is 16.4. The van der Waals surface area contributed by atoms with Crippen LogP contribution in [-0.4, -0.2) is 15.2 Å². The third kappa shape index (κ3) is 3.81. The predicted octanol–water partition coefficient (Wildman–Crippen LogP) is 2.91. The van der Waals surface area contributed by atoms with Crippen molar-refractivity contribution in [3.63, 3.8) is 0 Å². The van der Waals surface area contributed by atoms with Crippen LogP contribution in [0.4, 0.5) is 4.39 Å². The molecule has 2 aromatic rings. The van der Waals surface area contributed by atoms with E-state index < -0.39 is 5.82 Å². The van der Waals surface area contributed by atoms with Crippen LogP contribution in [0.15, 0.2) is 30.3 Å². The van der Waals surface area contributed by atoms with Crippen molar-refractivity contribution in [2.45, 2.75) is 39.6 Å². The molecule has 0 saturated carbocycles. The van der Waals surface area contributed by atoms with Gasteiger partial charge in [0.25, 0.3) is 0 Å². The number of hydrogen-bond donors (Lipinski definition) is 2. The highest BCUT2D eigenvalue weighted by atomic mass is 19.1. The average molecular weight is 305 g/mol. The summed E-state index contributed by atoms with van der Waals surface area (Å²) in [5, 5.41) is 18.7. The fraction of sp³-hybridized carbons (Fsp3) is 0.353. The van der Waals surface area contributed by atoms with Gasteiger partial charge >= 0.3 is 0 Å². The standard InChI is InChI=1S/C17H20FNO3/c1-11(2)16-5-3-4-15(19-16)10-22-17-12(8-20)6-14(18)7-13(17)9-21/h3-7,11,20-21H,8-10H2,1-2H3. The minimum Gasteiger partial charge on any atom is -0.487 e. The van der Waals surface area contributed by atoms with Crippen molar-refractivity contribution in [3.8, 4) is 5.75 Å². The summed E-state index contributed by atoms with van der Waals surface area (Å²) < 4.78 is 19.1. The molecule has 118 valence electrons. The van der Waals surface area contributed by atoms with Crippen molar-refractivity contribution in [3.05, 3.63) is 58.7 Å². The van der Waals surface area contributed by atoms with E-state index in [4.69, 9.17) is 4.74 Å². The van der Waals surface area contributed by atoms with Crippen molar-refractivity contribution >= 4 is 0 Å². The molecule has 2 N–H and O–H groups in total. The van der Waals surface area contributed by atoms with Crippen LogP contribution in [0.25, 0.3) is 0 Å². The Morgan fingerprint density at radius 2 is 1.77 bits per heavy atom. The second-order valence-electron chi connectivity index (χ2n) is 5.37. The lowest BCUT2D eigenvalue weighted by molar-refractivity contribution is 0.239. The van der Waals surface area contributed by atoms with E-state index in [1.807, 2.05) is 18.2 Å². The van der Waals surface area contributed by atoms with E-state index in [2.05, 4.69) is 18.8 Å². The van der Waals surface area contributed by atoms with Gasteiger partial charge in [0.05, 0.1) is 18.9 Å². The maximum Gasteiger partial charge on any atom is 0.131 e. The van der Waals surface area contributed by atoms with Gasteiger partial charge in [0.2, 0.25) is 0 Å². The first-order chi connectivity index (χ1) is 10.5. The van der Waals surface area contributed by atoms with Crippen molar-refractivity contribution in [1.82, 2.24) is 4.98 Å². The second-order valence-corrected chi connectivity index (χ2v) is 5.37. The summed E-state index contributed by atoms with van der Waals surface area (Å²) in [6, 6.07) is 8.10. The number of pyridine rings is 1. The van der Waals surface area contributed by atoms with Crippen molar-refractivity contribution in [2.24, 2.45) is 0 Å². The van der Waals surface area contributed by atoms with E-state index in [0.29, 0.717) is 22.8 Å². The molecule has 1 aromatic carbocycles. The smallest absolute Gasteiger partial charge is 0.131 e. The summed E-state index contributed by atoms with van der Waals surface area (Å²) in [5.74, 6) is 0.107. The van der Waals surface area contributed by atoms with Gasteiger partial charge in [-0.3, -0.25) is 4.98 Å². The molecule has 0 aliphatic carbocycles. The molecule has 0 aliphatic rings. The molecule has 0 atom stereocenters. The molecule has 0 fully saturated rings. The quantitative estimate of drug-likeness (QED) is 0.861. The number of halogens is 1. The van der Waals surface area contributed by atoms with Gasteiger partial charge in [-0.15, -0.1) is 0 Å². The molecule has 0 spiro atoms. The summed E-state index contributed by atoms with van der Waals surface area (Å²) in [6.45, 7) is 3.58. The molecule has 4 nitrogen and oxygen atoms in total. The molecule has 2 rings (SSSR count). The zero-order valence-electron chi connectivity index (χ0n) is 12.7. The maximum absolute atomic E-state index is 13.4. The maximum atomic E-state index is 13.4. The number of ether oxygens (including phenoxy) is 1. The Kier molecular flexibility index (Phi) is 5.46. The summed E-state index contributed by atoms with van der Waals surface area (Å²) >= 11 is 0. The Morgan fingerprint density at radius 3 is 2.32 bits per heavy atom. The zero-order chi connectivity index (χ0) is 16.1. The Balaban J connectivity index is 2.22. The molecule has 5 heteroatoms.